The van der Waals surface area contributed by atoms with Gasteiger partial charge in [0.15, 0.2) is 0 Å². The molecule has 3 N–H and O–H groups in total. The van der Waals surface area contributed by atoms with Crippen molar-refractivity contribution in [2.75, 3.05) is 0 Å². The summed E-state index contributed by atoms with van der Waals surface area (Å²) < 4.78 is 0. The number of hydrogen-bond acceptors (Lipinski definition) is 2. The summed E-state index contributed by atoms with van der Waals surface area (Å²) in [7, 11) is 0. The average Bonchev–Trinajstić information content (AvgIpc) is 2.30. The number of rotatable bonds is 3. The van der Waals surface area contributed by atoms with Gasteiger partial charge in [0.2, 0.25) is 0 Å². The Hall–Kier alpha value is -0.830. The van der Waals surface area contributed by atoms with Crippen LogP contribution in [0.15, 0.2) is 0 Å². The first-order valence-corrected chi connectivity index (χ1v) is 5.15. The van der Waals surface area contributed by atoms with Crippen LogP contribution in [0.5, 0.6) is 0 Å². The van der Waals surface area contributed by atoms with Crippen molar-refractivity contribution in [3.05, 3.63) is 17.2 Å². The van der Waals surface area contributed by atoms with E-state index in [1.54, 1.807) is 0 Å². The largest absolute Gasteiger partial charge is 0.344 e. The number of H-pyrrole nitrogens is 1. The lowest BCUT2D eigenvalue weighted by Crippen LogP contribution is -2.30. The molecule has 3 heteroatoms. The summed E-state index contributed by atoms with van der Waals surface area (Å²) in [5, 5.41) is 0. The van der Waals surface area contributed by atoms with E-state index >= 15 is 0 Å². The third-order valence-corrected chi connectivity index (χ3v) is 2.20. The molecule has 0 saturated carbocycles. The van der Waals surface area contributed by atoms with Crippen LogP contribution in [0.2, 0.25) is 0 Å². The van der Waals surface area contributed by atoms with Crippen molar-refractivity contribution >= 4 is 0 Å². The summed E-state index contributed by atoms with van der Waals surface area (Å²) in [6.07, 6.45) is 1.01. The summed E-state index contributed by atoms with van der Waals surface area (Å²) in [6, 6.07) is 0. The minimum atomic E-state index is -0.375. The maximum atomic E-state index is 5.98. The van der Waals surface area contributed by atoms with Crippen molar-refractivity contribution in [2.24, 2.45) is 11.7 Å². The number of nitrogens with zero attached hydrogens (tertiary/aromatic N) is 1. The van der Waals surface area contributed by atoms with E-state index in [0.29, 0.717) is 5.92 Å². The first-order chi connectivity index (χ1) is 6.30. The van der Waals surface area contributed by atoms with Gasteiger partial charge in [-0.15, -0.1) is 0 Å². The maximum absolute atomic E-state index is 5.98. The van der Waals surface area contributed by atoms with Gasteiger partial charge in [-0.3, -0.25) is 0 Å². The lowest BCUT2D eigenvalue weighted by atomic mass is 10.1. The summed E-state index contributed by atoms with van der Waals surface area (Å²) in [5.41, 5.74) is 7.89. The summed E-state index contributed by atoms with van der Waals surface area (Å²) in [5.74, 6) is 1.51. The van der Waals surface area contributed by atoms with Crippen LogP contribution in [0.4, 0.5) is 0 Å². The molecule has 1 rings (SSSR count). The fourth-order valence-electron chi connectivity index (χ4n) is 1.39. The second kappa shape index (κ2) is 3.73. The van der Waals surface area contributed by atoms with Crippen LogP contribution in [-0.4, -0.2) is 9.97 Å². The Morgan fingerprint density at radius 3 is 2.36 bits per heavy atom. The second-order valence-electron chi connectivity index (χ2n) is 4.98. The van der Waals surface area contributed by atoms with Crippen molar-refractivity contribution < 1.29 is 0 Å². The molecule has 0 aromatic carbocycles. The smallest absolute Gasteiger partial charge is 0.126 e. The van der Waals surface area contributed by atoms with Gasteiger partial charge >= 0.3 is 0 Å². The van der Waals surface area contributed by atoms with Crippen molar-refractivity contribution in [2.45, 2.75) is 46.6 Å². The monoisotopic (exact) mass is 195 g/mol. The predicted molar refractivity (Wildman–Crippen MR) is 59.1 cm³/mol. The van der Waals surface area contributed by atoms with Gasteiger partial charge in [-0.05, 0) is 33.1 Å². The van der Waals surface area contributed by atoms with Gasteiger partial charge in [-0.25, -0.2) is 4.98 Å². The fourth-order valence-corrected chi connectivity index (χ4v) is 1.39. The van der Waals surface area contributed by atoms with Gasteiger partial charge in [-0.2, -0.15) is 0 Å². The first-order valence-electron chi connectivity index (χ1n) is 5.15. The molecule has 1 aromatic heterocycles. The SMILES string of the molecule is Cc1[nH]c(C(C)(C)N)nc1CC(C)C. The van der Waals surface area contributed by atoms with Crippen LogP contribution in [-0.2, 0) is 12.0 Å². The number of nitrogens with one attached hydrogen (secondary N) is 1. The van der Waals surface area contributed by atoms with Crippen LogP contribution in [0.1, 0.15) is 44.9 Å². The molecule has 0 aliphatic rings. The predicted octanol–water partition coefficient (Wildman–Crippen LogP) is 2.11. The zero-order valence-corrected chi connectivity index (χ0v) is 9.81. The quantitative estimate of drug-likeness (QED) is 0.776. The van der Waals surface area contributed by atoms with Crippen LogP contribution >= 0.6 is 0 Å². The number of aromatic amines is 1. The van der Waals surface area contributed by atoms with Gasteiger partial charge in [0.25, 0.3) is 0 Å². The lowest BCUT2D eigenvalue weighted by molar-refractivity contribution is 0.517. The fraction of sp³-hybridized carbons (Fsp3) is 0.727. The van der Waals surface area contributed by atoms with Crippen molar-refractivity contribution in [3.63, 3.8) is 0 Å². The van der Waals surface area contributed by atoms with Gasteiger partial charge in [0, 0.05) is 5.69 Å². The maximum Gasteiger partial charge on any atom is 0.126 e. The number of imidazole rings is 1. The standard InChI is InChI=1S/C11H21N3/c1-7(2)6-9-8(3)13-10(14-9)11(4,5)12/h7H,6,12H2,1-5H3,(H,13,14). The van der Waals surface area contributed by atoms with E-state index in [2.05, 4.69) is 30.7 Å². The molecule has 0 saturated heterocycles. The highest BCUT2D eigenvalue weighted by atomic mass is 15.0. The Morgan fingerprint density at radius 2 is 2.00 bits per heavy atom. The average molecular weight is 195 g/mol. The minimum absolute atomic E-state index is 0.375. The topological polar surface area (TPSA) is 54.7 Å². The number of aromatic nitrogens is 2. The molecular formula is C11H21N3. The molecule has 3 nitrogen and oxygen atoms in total. The van der Waals surface area contributed by atoms with Gasteiger partial charge in [-0.1, -0.05) is 13.8 Å². The van der Waals surface area contributed by atoms with Crippen molar-refractivity contribution in [3.8, 4) is 0 Å². The molecule has 0 radical (unpaired) electrons. The Bertz CT molecular complexity index is 305. The van der Waals surface area contributed by atoms with E-state index in [4.69, 9.17) is 5.73 Å². The van der Waals surface area contributed by atoms with E-state index in [0.717, 1.165) is 23.6 Å². The Balaban J connectivity index is 2.94. The molecule has 0 aliphatic carbocycles. The number of hydrogen-bond donors (Lipinski definition) is 2. The van der Waals surface area contributed by atoms with Gasteiger partial charge in [0.1, 0.15) is 5.82 Å². The molecule has 1 aromatic rings. The molecule has 1 heterocycles. The highest BCUT2D eigenvalue weighted by Crippen LogP contribution is 2.17. The van der Waals surface area contributed by atoms with E-state index < -0.39 is 0 Å². The molecule has 0 spiro atoms. The summed E-state index contributed by atoms with van der Waals surface area (Å²) in [4.78, 5) is 7.79. The molecule has 0 amide bonds. The van der Waals surface area contributed by atoms with E-state index in [1.807, 2.05) is 13.8 Å². The molecular weight excluding hydrogens is 174 g/mol. The molecule has 0 atom stereocenters. The van der Waals surface area contributed by atoms with Crippen molar-refractivity contribution in [1.82, 2.24) is 9.97 Å². The normalized spacial score (nSPS) is 12.5. The molecule has 0 bridgehead atoms. The Labute approximate surface area is 86.1 Å². The van der Waals surface area contributed by atoms with Crippen LogP contribution in [0.25, 0.3) is 0 Å². The van der Waals surface area contributed by atoms with Crippen LogP contribution in [0.3, 0.4) is 0 Å². The van der Waals surface area contributed by atoms with E-state index in [9.17, 15) is 0 Å². The molecule has 80 valence electrons. The lowest BCUT2D eigenvalue weighted by Gasteiger charge is -2.14. The summed E-state index contributed by atoms with van der Waals surface area (Å²) in [6.45, 7) is 10.4. The van der Waals surface area contributed by atoms with Crippen LogP contribution in [0, 0.1) is 12.8 Å². The molecule has 14 heavy (non-hydrogen) atoms. The van der Waals surface area contributed by atoms with Crippen LogP contribution < -0.4 is 5.73 Å². The third kappa shape index (κ3) is 2.58. The summed E-state index contributed by atoms with van der Waals surface area (Å²) >= 11 is 0. The minimum Gasteiger partial charge on any atom is -0.344 e. The Morgan fingerprint density at radius 1 is 1.43 bits per heavy atom. The van der Waals surface area contributed by atoms with E-state index in [1.165, 1.54) is 0 Å². The molecule has 0 aliphatic heterocycles. The number of nitrogens with two attached hydrogens (primary N) is 1. The number of aryl methyl sites for hydroxylation is 1. The zero-order chi connectivity index (χ0) is 10.9. The first kappa shape index (κ1) is 11.2. The Kier molecular flexibility index (Phi) is 3.00. The van der Waals surface area contributed by atoms with Gasteiger partial charge in [0.05, 0.1) is 11.2 Å². The second-order valence-corrected chi connectivity index (χ2v) is 4.98. The van der Waals surface area contributed by atoms with Crippen molar-refractivity contribution in [1.29, 1.82) is 0 Å². The highest BCUT2D eigenvalue weighted by Gasteiger charge is 2.19. The molecule has 0 unspecified atom stereocenters. The third-order valence-electron chi connectivity index (χ3n) is 2.20. The zero-order valence-electron chi connectivity index (χ0n) is 9.81. The molecule has 0 fully saturated rings. The van der Waals surface area contributed by atoms with Gasteiger partial charge < -0.3 is 10.7 Å². The van der Waals surface area contributed by atoms with E-state index in [-0.39, 0.29) is 5.54 Å². The highest BCUT2D eigenvalue weighted by molar-refractivity contribution is 5.17.